The Labute approximate surface area is 107 Å². The minimum atomic E-state index is -0.519. The van der Waals surface area contributed by atoms with Crippen molar-refractivity contribution >= 4 is 11.5 Å². The Hall–Kier alpha value is -2.70. The molecular weight excluding hydrogens is 248 g/mol. The molecule has 7 nitrogen and oxygen atoms in total. The zero-order chi connectivity index (χ0) is 13.2. The largest absolute Gasteiger partial charge is 0.461 e. The van der Waals surface area contributed by atoms with E-state index >= 15 is 0 Å². The van der Waals surface area contributed by atoms with Crippen LogP contribution in [-0.4, -0.2) is 32.2 Å². The second-order valence-electron chi connectivity index (χ2n) is 3.71. The van der Waals surface area contributed by atoms with E-state index in [1.54, 1.807) is 36.2 Å². The number of hydrogen-bond acceptors (Lipinski definition) is 6. The molecule has 0 unspecified atom stereocenters. The van der Waals surface area contributed by atoms with Gasteiger partial charge in [0.1, 0.15) is 0 Å². The maximum Gasteiger partial charge on any atom is 0.360 e. The second kappa shape index (κ2) is 4.52. The van der Waals surface area contributed by atoms with Crippen LogP contribution in [-0.2, 0) is 4.74 Å². The highest BCUT2D eigenvalue weighted by atomic mass is 16.5. The summed E-state index contributed by atoms with van der Waals surface area (Å²) in [5, 5.41) is 4.16. The minimum Gasteiger partial charge on any atom is -0.461 e. The molecule has 0 N–H and O–H groups in total. The van der Waals surface area contributed by atoms with E-state index < -0.39 is 5.97 Å². The zero-order valence-corrected chi connectivity index (χ0v) is 10.1. The van der Waals surface area contributed by atoms with Gasteiger partial charge in [-0.05, 0) is 6.92 Å². The van der Waals surface area contributed by atoms with E-state index in [0.29, 0.717) is 11.3 Å². The summed E-state index contributed by atoms with van der Waals surface area (Å²) in [5.41, 5.74) is 1.51. The summed E-state index contributed by atoms with van der Waals surface area (Å²) in [5.74, 6) is -0.184. The van der Waals surface area contributed by atoms with Crippen molar-refractivity contribution in [1.82, 2.24) is 19.6 Å². The average molecular weight is 258 g/mol. The summed E-state index contributed by atoms with van der Waals surface area (Å²) < 4.78 is 11.9. The van der Waals surface area contributed by atoms with E-state index in [9.17, 15) is 4.79 Å². The number of carbonyl (C=O) groups excluding carboxylic acids is 1. The van der Waals surface area contributed by atoms with Crippen molar-refractivity contribution in [1.29, 1.82) is 0 Å². The van der Waals surface area contributed by atoms with Crippen LogP contribution >= 0.6 is 0 Å². The molecule has 96 valence electrons. The number of aromatic nitrogens is 4. The van der Waals surface area contributed by atoms with Crippen LogP contribution in [0.15, 0.2) is 35.6 Å². The number of nitrogens with zero attached hydrogens (tertiary/aromatic N) is 4. The molecule has 3 heterocycles. The van der Waals surface area contributed by atoms with Crippen LogP contribution in [0.25, 0.3) is 16.8 Å². The van der Waals surface area contributed by atoms with Gasteiger partial charge in [-0.25, -0.2) is 14.3 Å². The molecule has 3 aromatic rings. The maximum absolute atomic E-state index is 11.8. The van der Waals surface area contributed by atoms with Gasteiger partial charge in [0.05, 0.1) is 30.1 Å². The third-order valence-corrected chi connectivity index (χ3v) is 2.61. The monoisotopic (exact) mass is 258 g/mol. The summed E-state index contributed by atoms with van der Waals surface area (Å²) in [4.78, 5) is 19.7. The van der Waals surface area contributed by atoms with Crippen molar-refractivity contribution in [2.75, 3.05) is 6.61 Å². The number of esters is 1. The molecule has 0 saturated heterocycles. The van der Waals surface area contributed by atoms with Gasteiger partial charge in [0.2, 0.25) is 0 Å². The second-order valence-corrected chi connectivity index (χ2v) is 3.71. The van der Waals surface area contributed by atoms with Crippen LogP contribution in [0, 0.1) is 0 Å². The van der Waals surface area contributed by atoms with Crippen molar-refractivity contribution in [2.24, 2.45) is 0 Å². The van der Waals surface area contributed by atoms with Crippen molar-refractivity contribution in [3.8, 4) is 11.3 Å². The van der Waals surface area contributed by atoms with Crippen LogP contribution in [0.5, 0.6) is 0 Å². The van der Waals surface area contributed by atoms with Crippen molar-refractivity contribution < 1.29 is 13.9 Å². The first-order valence-electron chi connectivity index (χ1n) is 5.69. The number of fused-ring (bicyclic) bond motifs is 1. The van der Waals surface area contributed by atoms with E-state index in [4.69, 9.17) is 9.15 Å². The molecule has 0 fully saturated rings. The molecule has 0 saturated carbocycles. The highest BCUT2D eigenvalue weighted by Crippen LogP contribution is 2.27. The molecule has 0 bridgehead atoms. The molecule has 3 aromatic heterocycles. The summed E-state index contributed by atoms with van der Waals surface area (Å²) in [6.45, 7) is 2.01. The van der Waals surface area contributed by atoms with Gasteiger partial charge in [-0.3, -0.25) is 4.98 Å². The highest BCUT2D eigenvalue weighted by Gasteiger charge is 2.22. The SMILES string of the molecule is CCOC(=O)c1ncoc1-c1cnn2ccncc12. The van der Waals surface area contributed by atoms with E-state index in [1.165, 1.54) is 6.39 Å². The Morgan fingerprint density at radius 3 is 3.21 bits per heavy atom. The standard InChI is InChI=1S/C12H10N4O3/c1-2-18-12(17)10-11(19-7-14-10)8-5-15-16-4-3-13-6-9(8)16/h3-7H,2H2,1H3. The fraction of sp³-hybridized carbons (Fsp3) is 0.167. The van der Waals surface area contributed by atoms with Crippen LogP contribution in [0.1, 0.15) is 17.4 Å². The Bertz CT molecular complexity index is 731. The lowest BCUT2D eigenvalue weighted by Crippen LogP contribution is -2.06. The third kappa shape index (κ3) is 1.85. The topological polar surface area (TPSA) is 82.5 Å². The van der Waals surface area contributed by atoms with E-state index in [1.807, 2.05) is 0 Å². The molecule has 19 heavy (non-hydrogen) atoms. The number of ether oxygens (including phenoxy) is 1. The molecule has 3 rings (SSSR count). The Balaban J connectivity index is 2.12. The molecule has 0 aliphatic carbocycles. The van der Waals surface area contributed by atoms with Crippen molar-refractivity contribution in [2.45, 2.75) is 6.92 Å². The fourth-order valence-corrected chi connectivity index (χ4v) is 1.79. The smallest absolute Gasteiger partial charge is 0.360 e. The maximum atomic E-state index is 11.8. The first-order chi connectivity index (χ1) is 9.31. The summed E-state index contributed by atoms with van der Waals surface area (Å²) in [7, 11) is 0. The van der Waals surface area contributed by atoms with E-state index in [0.717, 1.165) is 5.52 Å². The van der Waals surface area contributed by atoms with Gasteiger partial charge in [0, 0.05) is 12.4 Å². The first-order valence-corrected chi connectivity index (χ1v) is 5.69. The lowest BCUT2D eigenvalue weighted by molar-refractivity contribution is 0.0520. The summed E-state index contributed by atoms with van der Waals surface area (Å²) in [6, 6.07) is 0. The predicted molar refractivity (Wildman–Crippen MR) is 64.4 cm³/mol. The minimum absolute atomic E-state index is 0.139. The molecular formula is C12H10N4O3. The van der Waals surface area contributed by atoms with Crippen LogP contribution in [0.4, 0.5) is 0 Å². The summed E-state index contributed by atoms with van der Waals surface area (Å²) >= 11 is 0. The summed E-state index contributed by atoms with van der Waals surface area (Å²) in [6.07, 6.45) is 7.77. The lowest BCUT2D eigenvalue weighted by Gasteiger charge is -2.00. The Morgan fingerprint density at radius 2 is 2.37 bits per heavy atom. The molecule has 0 amide bonds. The van der Waals surface area contributed by atoms with Gasteiger partial charge in [-0.1, -0.05) is 0 Å². The van der Waals surface area contributed by atoms with Gasteiger partial charge < -0.3 is 9.15 Å². The molecule has 0 spiro atoms. The molecule has 0 radical (unpaired) electrons. The average Bonchev–Trinajstić information content (AvgIpc) is 3.05. The van der Waals surface area contributed by atoms with Gasteiger partial charge in [0.15, 0.2) is 17.8 Å². The molecule has 0 aliphatic heterocycles. The number of oxazole rings is 1. The van der Waals surface area contributed by atoms with E-state index in [-0.39, 0.29) is 12.3 Å². The molecule has 0 aromatic carbocycles. The van der Waals surface area contributed by atoms with E-state index in [2.05, 4.69) is 15.1 Å². The number of hydrogen-bond donors (Lipinski definition) is 0. The third-order valence-electron chi connectivity index (χ3n) is 2.61. The van der Waals surface area contributed by atoms with Gasteiger partial charge in [-0.15, -0.1) is 0 Å². The molecule has 0 atom stereocenters. The zero-order valence-electron chi connectivity index (χ0n) is 10.1. The normalized spacial score (nSPS) is 10.8. The lowest BCUT2D eigenvalue weighted by atomic mass is 10.2. The quantitative estimate of drug-likeness (QED) is 0.663. The Morgan fingerprint density at radius 1 is 1.47 bits per heavy atom. The number of carbonyl (C=O) groups is 1. The number of rotatable bonds is 3. The van der Waals surface area contributed by atoms with Crippen LogP contribution in [0.2, 0.25) is 0 Å². The van der Waals surface area contributed by atoms with Crippen molar-refractivity contribution in [3.05, 3.63) is 36.9 Å². The van der Waals surface area contributed by atoms with Crippen LogP contribution in [0.3, 0.4) is 0 Å². The van der Waals surface area contributed by atoms with Gasteiger partial charge >= 0.3 is 5.97 Å². The predicted octanol–water partition coefficient (Wildman–Crippen LogP) is 1.56. The molecule has 7 heteroatoms. The van der Waals surface area contributed by atoms with Gasteiger partial charge in [-0.2, -0.15) is 5.10 Å². The molecule has 0 aliphatic rings. The highest BCUT2D eigenvalue weighted by molar-refractivity contribution is 5.95. The fourth-order valence-electron chi connectivity index (χ4n) is 1.79. The Kier molecular flexibility index (Phi) is 2.71. The van der Waals surface area contributed by atoms with Gasteiger partial charge in [0.25, 0.3) is 0 Å². The first kappa shape index (κ1) is 11.4. The van der Waals surface area contributed by atoms with Crippen molar-refractivity contribution in [3.63, 3.8) is 0 Å². The van der Waals surface area contributed by atoms with Crippen LogP contribution < -0.4 is 0 Å².